The van der Waals surface area contributed by atoms with E-state index in [1.807, 2.05) is 0 Å². The first kappa shape index (κ1) is 11.4. The zero-order valence-electron chi connectivity index (χ0n) is 7.92. The molecule has 1 aliphatic rings. The Labute approximate surface area is 74.2 Å². The van der Waals surface area contributed by atoms with E-state index in [1.165, 1.54) is 25.8 Å². The van der Waals surface area contributed by atoms with Crippen molar-refractivity contribution in [2.45, 2.75) is 39.2 Å². The molecule has 0 saturated carbocycles. The highest BCUT2D eigenvalue weighted by molar-refractivity contribution is 5.32. The summed E-state index contributed by atoms with van der Waals surface area (Å²) in [6.45, 7) is 5.60. The summed E-state index contributed by atoms with van der Waals surface area (Å²) in [6, 6.07) is 0.814. The molecule has 0 aromatic rings. The Balaban J connectivity index is 0.000000354. The van der Waals surface area contributed by atoms with Gasteiger partial charge in [0, 0.05) is 6.04 Å². The minimum atomic E-state index is -0.250. The van der Waals surface area contributed by atoms with Gasteiger partial charge in [0.25, 0.3) is 6.47 Å². The lowest BCUT2D eigenvalue weighted by Gasteiger charge is -2.26. The molecule has 1 heterocycles. The van der Waals surface area contributed by atoms with Crippen molar-refractivity contribution in [2.24, 2.45) is 5.92 Å². The maximum Gasteiger partial charge on any atom is 0.290 e. The van der Waals surface area contributed by atoms with Gasteiger partial charge in [-0.1, -0.05) is 13.8 Å². The van der Waals surface area contributed by atoms with Gasteiger partial charge in [-0.15, -0.1) is 0 Å². The van der Waals surface area contributed by atoms with Crippen LogP contribution in [0, 0.1) is 5.92 Å². The molecule has 0 amide bonds. The predicted molar refractivity (Wildman–Crippen MR) is 49.2 cm³/mol. The van der Waals surface area contributed by atoms with Gasteiger partial charge >= 0.3 is 0 Å². The molecular weight excluding hydrogens is 154 g/mol. The van der Waals surface area contributed by atoms with Crippen molar-refractivity contribution in [3.63, 3.8) is 0 Å². The highest BCUT2D eigenvalue weighted by Gasteiger charge is 2.15. The molecule has 2 atom stereocenters. The summed E-state index contributed by atoms with van der Waals surface area (Å²) in [5, 5.41) is 10.4. The molecule has 2 N–H and O–H groups in total. The Kier molecular flexibility index (Phi) is 6.76. The third kappa shape index (κ3) is 5.13. The van der Waals surface area contributed by atoms with Crippen molar-refractivity contribution in [3.05, 3.63) is 0 Å². The summed E-state index contributed by atoms with van der Waals surface area (Å²) in [7, 11) is 0. The molecule has 3 nitrogen and oxygen atoms in total. The smallest absolute Gasteiger partial charge is 0.290 e. The summed E-state index contributed by atoms with van der Waals surface area (Å²) < 4.78 is 0. The minimum absolute atomic E-state index is 0.250. The van der Waals surface area contributed by atoms with E-state index in [0.717, 1.165) is 12.0 Å². The van der Waals surface area contributed by atoms with Crippen LogP contribution in [0.15, 0.2) is 0 Å². The molecule has 12 heavy (non-hydrogen) atoms. The van der Waals surface area contributed by atoms with Gasteiger partial charge in [-0.25, -0.2) is 0 Å². The average Bonchev–Trinajstić information content (AvgIpc) is 2.06. The fourth-order valence-electron chi connectivity index (χ4n) is 1.53. The van der Waals surface area contributed by atoms with Gasteiger partial charge in [-0.2, -0.15) is 0 Å². The minimum Gasteiger partial charge on any atom is -0.483 e. The summed E-state index contributed by atoms with van der Waals surface area (Å²) in [5.41, 5.74) is 0. The number of hydrogen-bond acceptors (Lipinski definition) is 2. The number of carbonyl (C=O) groups is 1. The number of rotatable bonds is 1. The molecule has 1 saturated heterocycles. The Hall–Kier alpha value is -0.570. The largest absolute Gasteiger partial charge is 0.483 e. The molecule has 2 unspecified atom stereocenters. The van der Waals surface area contributed by atoms with Crippen molar-refractivity contribution < 1.29 is 9.90 Å². The zero-order valence-corrected chi connectivity index (χ0v) is 7.92. The molecule has 0 aromatic carbocycles. The van der Waals surface area contributed by atoms with Crippen LogP contribution >= 0.6 is 0 Å². The van der Waals surface area contributed by atoms with Gasteiger partial charge < -0.3 is 10.4 Å². The highest BCUT2D eigenvalue weighted by Crippen LogP contribution is 2.16. The molecular formula is C9H19NO2. The quantitative estimate of drug-likeness (QED) is 0.590. The van der Waals surface area contributed by atoms with Crippen LogP contribution in [0.2, 0.25) is 0 Å². The number of carboxylic acid groups (broad SMARTS) is 1. The van der Waals surface area contributed by atoms with Crippen LogP contribution in [0.1, 0.15) is 33.1 Å². The van der Waals surface area contributed by atoms with E-state index in [0.29, 0.717) is 0 Å². The predicted octanol–water partition coefficient (Wildman–Crippen LogP) is 1.49. The van der Waals surface area contributed by atoms with Crippen molar-refractivity contribution in [3.8, 4) is 0 Å². The van der Waals surface area contributed by atoms with Crippen LogP contribution in [0.3, 0.4) is 0 Å². The Morgan fingerprint density at radius 2 is 2.25 bits per heavy atom. The third-order valence-corrected chi connectivity index (χ3v) is 2.25. The summed E-state index contributed by atoms with van der Waals surface area (Å²) >= 11 is 0. The van der Waals surface area contributed by atoms with Crippen LogP contribution < -0.4 is 5.32 Å². The lowest BCUT2D eigenvalue weighted by molar-refractivity contribution is -0.122. The van der Waals surface area contributed by atoms with Gasteiger partial charge in [0.15, 0.2) is 0 Å². The van der Waals surface area contributed by atoms with Gasteiger partial charge in [0.05, 0.1) is 0 Å². The van der Waals surface area contributed by atoms with Crippen molar-refractivity contribution >= 4 is 6.47 Å². The SMILES string of the molecule is CCC1CC(C)CCN1.O=CO. The van der Waals surface area contributed by atoms with Crippen LogP contribution in [0.25, 0.3) is 0 Å². The standard InChI is InChI=1S/C8H17N.CH2O2/c1-3-8-6-7(2)4-5-9-8;2-1-3/h7-9H,3-6H2,1-2H3;1H,(H,2,3). The van der Waals surface area contributed by atoms with Crippen LogP contribution in [-0.2, 0) is 4.79 Å². The van der Waals surface area contributed by atoms with Gasteiger partial charge in [-0.05, 0) is 31.7 Å². The van der Waals surface area contributed by atoms with E-state index >= 15 is 0 Å². The Bertz CT molecular complexity index is 117. The maximum absolute atomic E-state index is 8.36. The fraction of sp³-hybridized carbons (Fsp3) is 0.889. The monoisotopic (exact) mass is 173 g/mol. The number of piperidine rings is 1. The molecule has 0 radical (unpaired) electrons. The van der Waals surface area contributed by atoms with Crippen LogP contribution in [0.5, 0.6) is 0 Å². The second-order valence-corrected chi connectivity index (χ2v) is 3.29. The van der Waals surface area contributed by atoms with Crippen LogP contribution in [-0.4, -0.2) is 24.2 Å². The van der Waals surface area contributed by atoms with Gasteiger partial charge in [0.2, 0.25) is 0 Å². The zero-order chi connectivity index (χ0) is 9.40. The Morgan fingerprint density at radius 1 is 1.67 bits per heavy atom. The summed E-state index contributed by atoms with van der Waals surface area (Å²) in [5.74, 6) is 0.955. The molecule has 0 spiro atoms. The maximum atomic E-state index is 8.36. The number of hydrogen-bond donors (Lipinski definition) is 2. The second-order valence-electron chi connectivity index (χ2n) is 3.29. The first-order valence-electron chi connectivity index (χ1n) is 4.55. The van der Waals surface area contributed by atoms with Gasteiger partial charge in [0.1, 0.15) is 0 Å². The van der Waals surface area contributed by atoms with Crippen molar-refractivity contribution in [2.75, 3.05) is 6.54 Å². The molecule has 1 rings (SSSR count). The molecule has 3 heteroatoms. The molecule has 72 valence electrons. The lowest BCUT2D eigenvalue weighted by atomic mass is 9.93. The topological polar surface area (TPSA) is 49.3 Å². The average molecular weight is 173 g/mol. The van der Waals surface area contributed by atoms with E-state index in [1.54, 1.807) is 0 Å². The second kappa shape index (κ2) is 7.10. The lowest BCUT2D eigenvalue weighted by Crippen LogP contribution is -2.36. The first-order valence-corrected chi connectivity index (χ1v) is 4.55. The molecule has 0 aromatic heterocycles. The van der Waals surface area contributed by atoms with E-state index in [-0.39, 0.29) is 6.47 Å². The molecule has 1 aliphatic heterocycles. The highest BCUT2D eigenvalue weighted by atomic mass is 16.3. The van der Waals surface area contributed by atoms with E-state index in [2.05, 4.69) is 19.2 Å². The van der Waals surface area contributed by atoms with E-state index < -0.39 is 0 Å². The molecule has 1 fully saturated rings. The summed E-state index contributed by atoms with van der Waals surface area (Å²) in [4.78, 5) is 8.36. The first-order chi connectivity index (χ1) is 5.74. The van der Waals surface area contributed by atoms with E-state index in [4.69, 9.17) is 9.90 Å². The summed E-state index contributed by atoms with van der Waals surface area (Å²) in [6.07, 6.45) is 4.05. The molecule has 0 aliphatic carbocycles. The van der Waals surface area contributed by atoms with Crippen molar-refractivity contribution in [1.29, 1.82) is 0 Å². The Morgan fingerprint density at radius 3 is 2.58 bits per heavy atom. The fourth-order valence-corrected chi connectivity index (χ4v) is 1.53. The van der Waals surface area contributed by atoms with Crippen LogP contribution in [0.4, 0.5) is 0 Å². The third-order valence-electron chi connectivity index (χ3n) is 2.25. The van der Waals surface area contributed by atoms with Gasteiger partial charge in [-0.3, -0.25) is 4.79 Å². The van der Waals surface area contributed by atoms with E-state index in [9.17, 15) is 0 Å². The molecule has 0 bridgehead atoms. The normalized spacial score (nSPS) is 28.5. The number of nitrogens with one attached hydrogen (secondary N) is 1. The van der Waals surface area contributed by atoms with Crippen molar-refractivity contribution in [1.82, 2.24) is 5.32 Å².